The molecule has 0 amide bonds. The molecule has 0 aromatic heterocycles. The van der Waals surface area contributed by atoms with Gasteiger partial charge < -0.3 is 50.0 Å². The number of carboxylic acid groups (broad SMARTS) is 2. The molecule has 0 spiro atoms. The zero-order chi connectivity index (χ0) is 42.5. The smallest absolute Gasteiger partial charge is 0.328 e. The number of nitrogens with one attached hydrogen (secondary N) is 2. The van der Waals surface area contributed by atoms with Crippen LogP contribution in [-0.2, 0) is 32.3 Å². The minimum absolute atomic E-state index is 0.0116. The number of ketones is 2. The highest BCUT2D eigenvalue weighted by Crippen LogP contribution is 2.23. The fourth-order valence-electron chi connectivity index (χ4n) is 4.34. The van der Waals surface area contributed by atoms with E-state index in [-0.39, 0.29) is 24.8 Å². The molecule has 2 aromatic carbocycles. The van der Waals surface area contributed by atoms with Crippen molar-refractivity contribution in [3.05, 3.63) is 70.8 Å². The third-order valence-corrected chi connectivity index (χ3v) is 7.49. The molecule has 2 rings (SSSR count). The van der Waals surface area contributed by atoms with Gasteiger partial charge >= 0.3 is 11.9 Å². The number of aliphatic carboxylic acids is 2. The Bertz CT molecular complexity index is 1350. The average Bonchev–Trinajstić information content (AvgIpc) is 3.14. The van der Waals surface area contributed by atoms with Crippen molar-refractivity contribution >= 4 is 23.5 Å². The quantitative estimate of drug-likeness (QED) is 0.0390. The second-order valence-corrected chi connectivity index (χ2v) is 13.6. The molecule has 316 valence electrons. The average molecular weight is 791 g/mol. The van der Waals surface area contributed by atoms with Crippen LogP contribution in [0.2, 0.25) is 0 Å². The van der Waals surface area contributed by atoms with E-state index in [1.54, 1.807) is 38.1 Å². The Morgan fingerprint density at radius 2 is 1.00 bits per heavy atom. The summed E-state index contributed by atoms with van der Waals surface area (Å²) >= 11 is 0. The molecule has 0 fully saturated rings. The second kappa shape index (κ2) is 31.0. The Hall–Kier alpha value is -4.18. The number of benzene rings is 2. The summed E-state index contributed by atoms with van der Waals surface area (Å²) in [5, 5.41) is 41.9. The summed E-state index contributed by atoms with van der Waals surface area (Å²) in [5.74, 6) is -1.19. The van der Waals surface area contributed by atoms with Crippen LogP contribution in [0.5, 0.6) is 11.5 Å². The van der Waals surface area contributed by atoms with Crippen molar-refractivity contribution in [2.45, 2.75) is 119 Å². The van der Waals surface area contributed by atoms with Crippen LogP contribution in [-0.4, -0.2) is 108 Å². The number of Topliss-reactive ketones (excluding diaryl/α,β-unsaturated/α-hetero) is 2. The molecule has 0 aliphatic carbocycles. The van der Waals surface area contributed by atoms with E-state index < -0.39 is 24.1 Å². The first-order valence-corrected chi connectivity index (χ1v) is 19.2. The third-order valence-electron chi connectivity index (χ3n) is 7.49. The molecule has 2 aromatic rings. The van der Waals surface area contributed by atoms with Crippen LogP contribution in [0.25, 0.3) is 0 Å². The molecular formula is C42H66N2O12. The van der Waals surface area contributed by atoms with Gasteiger partial charge in [0, 0.05) is 72.8 Å². The van der Waals surface area contributed by atoms with Crippen LogP contribution < -0.4 is 20.1 Å². The maximum Gasteiger partial charge on any atom is 0.328 e. The van der Waals surface area contributed by atoms with E-state index in [1.165, 1.54) is 0 Å². The number of carbonyl (C=O) groups excluding carboxylic acids is 2. The summed E-state index contributed by atoms with van der Waals surface area (Å²) in [5.41, 5.74) is 2.95. The van der Waals surface area contributed by atoms with Crippen molar-refractivity contribution in [3.63, 3.8) is 0 Å². The first-order valence-electron chi connectivity index (χ1n) is 19.2. The molecular weight excluding hydrogens is 724 g/mol. The lowest BCUT2D eigenvalue weighted by Crippen LogP contribution is -2.35. The highest BCUT2D eigenvalue weighted by atomic mass is 16.5. The van der Waals surface area contributed by atoms with E-state index >= 15 is 0 Å². The molecule has 0 saturated heterocycles. The number of hydrogen-bond donors (Lipinski definition) is 6. The van der Waals surface area contributed by atoms with Gasteiger partial charge in [-0.25, -0.2) is 9.59 Å². The van der Waals surface area contributed by atoms with Crippen molar-refractivity contribution in [2.75, 3.05) is 39.5 Å². The summed E-state index contributed by atoms with van der Waals surface area (Å²) < 4.78 is 22.8. The van der Waals surface area contributed by atoms with Crippen molar-refractivity contribution in [2.24, 2.45) is 0 Å². The summed E-state index contributed by atoms with van der Waals surface area (Å²) in [4.78, 5) is 42.2. The van der Waals surface area contributed by atoms with Crippen LogP contribution in [0.3, 0.4) is 0 Å². The van der Waals surface area contributed by atoms with E-state index in [2.05, 4.69) is 24.5 Å². The van der Waals surface area contributed by atoms with Gasteiger partial charge in [0.25, 0.3) is 0 Å². The van der Waals surface area contributed by atoms with E-state index in [1.807, 2.05) is 39.8 Å². The molecule has 2 unspecified atom stereocenters. The van der Waals surface area contributed by atoms with E-state index in [0.29, 0.717) is 86.4 Å². The lowest BCUT2D eigenvalue weighted by molar-refractivity contribution is -0.134. The van der Waals surface area contributed by atoms with Crippen LogP contribution in [0.4, 0.5) is 0 Å². The summed E-state index contributed by atoms with van der Waals surface area (Å²) in [7, 11) is 0. The number of aliphatic hydroxyl groups is 2. The molecule has 14 nitrogen and oxygen atoms in total. The van der Waals surface area contributed by atoms with Gasteiger partial charge in [0.05, 0.1) is 13.2 Å². The molecule has 0 heterocycles. The van der Waals surface area contributed by atoms with Crippen LogP contribution >= 0.6 is 0 Å². The minimum Gasteiger partial charge on any atom is -0.490 e. The van der Waals surface area contributed by atoms with Gasteiger partial charge in [0.1, 0.15) is 36.9 Å². The van der Waals surface area contributed by atoms with Crippen molar-refractivity contribution in [1.82, 2.24) is 10.6 Å². The minimum atomic E-state index is -1.26. The van der Waals surface area contributed by atoms with Gasteiger partial charge in [0.2, 0.25) is 0 Å². The normalized spacial score (nSPS) is 12.0. The predicted octanol–water partition coefficient (Wildman–Crippen LogP) is 5.60. The fraction of sp³-hybridized carbons (Fsp3) is 0.571. The summed E-state index contributed by atoms with van der Waals surface area (Å²) in [6.07, 6.45) is 4.09. The van der Waals surface area contributed by atoms with Gasteiger partial charge in [-0.05, 0) is 63.1 Å². The molecule has 0 radical (unpaired) electrons. The van der Waals surface area contributed by atoms with E-state index in [4.69, 9.17) is 29.2 Å². The summed E-state index contributed by atoms with van der Waals surface area (Å²) in [6, 6.07) is 11.3. The summed E-state index contributed by atoms with van der Waals surface area (Å²) in [6.45, 7) is 18.9. The van der Waals surface area contributed by atoms with Gasteiger partial charge in [-0.3, -0.25) is 9.59 Å². The fourth-order valence-corrected chi connectivity index (χ4v) is 4.34. The third kappa shape index (κ3) is 26.6. The van der Waals surface area contributed by atoms with Crippen molar-refractivity contribution < 1.29 is 58.6 Å². The molecule has 6 N–H and O–H groups in total. The molecule has 0 saturated carbocycles. The lowest BCUT2D eigenvalue weighted by Gasteiger charge is -2.17. The number of hydrogen-bond acceptors (Lipinski definition) is 12. The van der Waals surface area contributed by atoms with Gasteiger partial charge in [-0.2, -0.15) is 0 Å². The van der Waals surface area contributed by atoms with Gasteiger partial charge in [0.15, 0.2) is 11.6 Å². The Balaban J connectivity index is 0.000000905. The second-order valence-electron chi connectivity index (χ2n) is 13.6. The van der Waals surface area contributed by atoms with Crippen LogP contribution in [0.15, 0.2) is 48.6 Å². The number of unbranched alkanes of at least 4 members (excludes halogenated alkanes) is 2. The standard InChI is InChI=1S/2C19H31NO4.C4H4O4/c2*1-5-6-9-23-12-17-10-16(15(4)21)7-8-19(17)24-13-18(22)11-20-14(2)3;5-3(6)1-2-4(7)8/h2*7-8,10,14,18,20,22H,5-6,9,11-13H2,1-4H3;1-2H,(H,5,6)(H,7,8)/b;;2-1+. The highest BCUT2D eigenvalue weighted by Gasteiger charge is 2.13. The number of rotatable bonds is 26. The first-order chi connectivity index (χ1) is 26.5. The number of aliphatic hydroxyl groups excluding tert-OH is 2. The largest absolute Gasteiger partial charge is 0.490 e. The Kier molecular flexibility index (Phi) is 28.7. The monoisotopic (exact) mass is 790 g/mol. The van der Waals surface area contributed by atoms with E-state index in [9.17, 15) is 29.4 Å². The zero-order valence-corrected chi connectivity index (χ0v) is 34.5. The predicted molar refractivity (Wildman–Crippen MR) is 216 cm³/mol. The zero-order valence-electron chi connectivity index (χ0n) is 34.5. The maximum atomic E-state index is 11.6. The number of ether oxygens (including phenoxy) is 4. The molecule has 56 heavy (non-hydrogen) atoms. The number of carbonyl (C=O) groups is 4. The van der Waals surface area contributed by atoms with Gasteiger partial charge in [-0.1, -0.05) is 54.4 Å². The first kappa shape index (κ1) is 51.8. The maximum absolute atomic E-state index is 11.6. The van der Waals surface area contributed by atoms with Crippen molar-refractivity contribution in [1.29, 1.82) is 0 Å². The lowest BCUT2D eigenvalue weighted by atomic mass is 10.1. The topological polar surface area (TPSA) is 210 Å². The molecule has 2 atom stereocenters. The molecule has 0 aliphatic heterocycles. The molecule has 0 aliphatic rings. The molecule has 14 heteroatoms. The Labute approximate surface area is 332 Å². The van der Waals surface area contributed by atoms with Crippen molar-refractivity contribution in [3.8, 4) is 11.5 Å². The van der Waals surface area contributed by atoms with Crippen LogP contribution in [0, 0.1) is 0 Å². The highest BCUT2D eigenvalue weighted by molar-refractivity contribution is 5.95. The Morgan fingerprint density at radius 3 is 1.29 bits per heavy atom. The van der Waals surface area contributed by atoms with Crippen LogP contribution in [0.1, 0.15) is 113 Å². The Morgan fingerprint density at radius 1 is 0.643 bits per heavy atom. The van der Waals surface area contributed by atoms with E-state index in [0.717, 1.165) is 36.8 Å². The number of carboxylic acids is 2. The van der Waals surface area contributed by atoms with Gasteiger partial charge in [-0.15, -0.1) is 0 Å². The SMILES string of the molecule is CCCCOCc1cc(C(C)=O)ccc1OCC(O)CNC(C)C.CCCCOCc1cc(C(C)=O)ccc1OCC(O)CNC(C)C.O=C(O)/C=C/C(=O)O. The molecule has 0 bridgehead atoms.